The van der Waals surface area contributed by atoms with Crippen molar-refractivity contribution in [1.82, 2.24) is 9.97 Å². The number of amides is 1. The average Bonchev–Trinajstić information content (AvgIpc) is 2.52. The number of hydrogen-bond acceptors (Lipinski definition) is 4. The molecule has 1 aliphatic rings. The minimum Gasteiger partial charge on any atom is -0.310 e. The van der Waals surface area contributed by atoms with Gasteiger partial charge in [0.05, 0.1) is 11.3 Å². The minimum absolute atomic E-state index is 0.142. The number of aryl methyl sites for hydroxylation is 1. The lowest BCUT2D eigenvalue weighted by atomic mass is 9.84. The number of nitrogens with zero attached hydrogens (tertiary/aromatic N) is 1. The molecule has 23 heavy (non-hydrogen) atoms. The zero-order valence-corrected chi connectivity index (χ0v) is 13.4. The van der Waals surface area contributed by atoms with Gasteiger partial charge in [0.25, 0.3) is 5.56 Å². The van der Waals surface area contributed by atoms with Gasteiger partial charge in [-0.25, -0.2) is 4.98 Å². The first-order valence-electron chi connectivity index (χ1n) is 7.16. The molecular weight excluding hydrogens is 310 g/mol. The van der Waals surface area contributed by atoms with E-state index < -0.39 is 0 Å². The number of H-pyrrole nitrogens is 1. The van der Waals surface area contributed by atoms with Gasteiger partial charge in [0.2, 0.25) is 5.91 Å². The molecule has 0 spiro atoms. The van der Waals surface area contributed by atoms with Crippen LogP contribution in [-0.2, 0) is 4.79 Å². The highest BCUT2D eigenvalue weighted by Crippen LogP contribution is 2.35. The molecule has 3 rings (SSSR count). The highest BCUT2D eigenvalue weighted by atomic mass is 32.2. The number of benzene rings is 1. The molecule has 0 saturated heterocycles. The number of anilines is 1. The van der Waals surface area contributed by atoms with E-state index in [2.05, 4.69) is 21.2 Å². The van der Waals surface area contributed by atoms with Crippen LogP contribution in [0.5, 0.6) is 0 Å². The SMILES string of the molecule is C#CCSc1nc2c(c(=O)[nH]1)[C@@H](c1ccccc1C)CC(=O)N2. The van der Waals surface area contributed by atoms with Crippen molar-refractivity contribution in [3.8, 4) is 12.3 Å². The fraction of sp³-hybridized carbons (Fsp3) is 0.235. The van der Waals surface area contributed by atoms with Gasteiger partial charge in [0.15, 0.2) is 5.16 Å². The molecule has 0 saturated carbocycles. The second-order valence-corrected chi connectivity index (χ2v) is 6.25. The number of aromatic amines is 1. The monoisotopic (exact) mass is 325 g/mol. The summed E-state index contributed by atoms with van der Waals surface area (Å²) in [6, 6.07) is 7.76. The lowest BCUT2D eigenvalue weighted by molar-refractivity contribution is -0.116. The van der Waals surface area contributed by atoms with Gasteiger partial charge in [-0.05, 0) is 18.1 Å². The summed E-state index contributed by atoms with van der Waals surface area (Å²) >= 11 is 1.25. The summed E-state index contributed by atoms with van der Waals surface area (Å²) in [6.07, 6.45) is 5.46. The van der Waals surface area contributed by atoms with Gasteiger partial charge in [0.1, 0.15) is 5.82 Å². The topological polar surface area (TPSA) is 74.8 Å². The summed E-state index contributed by atoms with van der Waals surface area (Å²) in [5.74, 6) is 2.78. The van der Waals surface area contributed by atoms with Crippen molar-refractivity contribution in [1.29, 1.82) is 0 Å². The zero-order valence-electron chi connectivity index (χ0n) is 12.6. The van der Waals surface area contributed by atoms with Crippen LogP contribution in [0.1, 0.15) is 29.0 Å². The molecule has 0 radical (unpaired) electrons. The third kappa shape index (κ3) is 3.01. The molecular formula is C17H15N3O2S. The molecule has 2 N–H and O–H groups in total. The Kier molecular flexibility index (Phi) is 4.22. The first-order valence-corrected chi connectivity index (χ1v) is 8.14. The van der Waals surface area contributed by atoms with Crippen LogP contribution >= 0.6 is 11.8 Å². The van der Waals surface area contributed by atoms with Crippen LogP contribution in [0.25, 0.3) is 0 Å². The molecule has 0 bridgehead atoms. The zero-order chi connectivity index (χ0) is 16.4. The first-order chi connectivity index (χ1) is 11.1. The summed E-state index contributed by atoms with van der Waals surface area (Å²) in [6.45, 7) is 1.97. The molecule has 5 nitrogen and oxygen atoms in total. The van der Waals surface area contributed by atoms with Crippen molar-refractivity contribution < 1.29 is 4.79 Å². The molecule has 0 aliphatic carbocycles. The number of terminal acetylenes is 1. The summed E-state index contributed by atoms with van der Waals surface area (Å²) < 4.78 is 0. The number of rotatable bonds is 3. The van der Waals surface area contributed by atoms with Crippen LogP contribution in [0.4, 0.5) is 5.82 Å². The molecule has 0 unspecified atom stereocenters. The second-order valence-electron chi connectivity index (χ2n) is 5.29. The fourth-order valence-corrected chi connectivity index (χ4v) is 3.31. The molecule has 2 aromatic rings. The van der Waals surface area contributed by atoms with E-state index >= 15 is 0 Å². The van der Waals surface area contributed by atoms with Crippen molar-refractivity contribution in [2.24, 2.45) is 0 Å². The molecule has 6 heteroatoms. The molecule has 0 fully saturated rings. The molecule has 1 aromatic heterocycles. The van der Waals surface area contributed by atoms with Crippen LogP contribution in [-0.4, -0.2) is 21.6 Å². The van der Waals surface area contributed by atoms with Crippen molar-refractivity contribution in [2.75, 3.05) is 11.1 Å². The van der Waals surface area contributed by atoms with Crippen LogP contribution in [0.3, 0.4) is 0 Å². The van der Waals surface area contributed by atoms with Gasteiger partial charge >= 0.3 is 0 Å². The predicted molar refractivity (Wildman–Crippen MR) is 90.7 cm³/mol. The van der Waals surface area contributed by atoms with Gasteiger partial charge in [0, 0.05) is 12.3 Å². The number of hydrogen-bond donors (Lipinski definition) is 2. The van der Waals surface area contributed by atoms with Crippen molar-refractivity contribution in [3.63, 3.8) is 0 Å². The highest BCUT2D eigenvalue weighted by Gasteiger charge is 2.31. The summed E-state index contributed by atoms with van der Waals surface area (Å²) in [5, 5.41) is 3.12. The standard InChI is InChI=1S/C17H15N3O2S/c1-3-8-23-17-19-15-14(16(22)20-17)12(9-13(21)18-15)11-7-5-4-6-10(11)2/h1,4-7,12H,8-9H2,2H3,(H2,18,19,20,21,22)/t12-/m1/s1. The van der Waals surface area contributed by atoms with E-state index in [0.717, 1.165) is 11.1 Å². The molecule has 1 atom stereocenters. The number of fused-ring (bicyclic) bond motifs is 1. The Morgan fingerprint density at radius 2 is 2.17 bits per heavy atom. The van der Waals surface area contributed by atoms with E-state index in [1.165, 1.54) is 11.8 Å². The fourth-order valence-electron chi connectivity index (χ4n) is 2.77. The van der Waals surface area contributed by atoms with E-state index in [0.29, 0.717) is 22.3 Å². The van der Waals surface area contributed by atoms with Crippen LogP contribution in [0, 0.1) is 19.3 Å². The first kappa shape index (κ1) is 15.4. The Bertz CT molecular complexity index is 867. The molecule has 1 amide bonds. The Labute approximate surface area is 137 Å². The Hall–Kier alpha value is -2.52. The lowest BCUT2D eigenvalue weighted by Crippen LogP contribution is -2.31. The number of carbonyl (C=O) groups is 1. The van der Waals surface area contributed by atoms with E-state index in [9.17, 15) is 9.59 Å². The quantitative estimate of drug-likeness (QED) is 0.516. The van der Waals surface area contributed by atoms with Gasteiger partial charge in [-0.15, -0.1) is 6.42 Å². The molecule has 1 aromatic carbocycles. The van der Waals surface area contributed by atoms with Crippen LogP contribution in [0.2, 0.25) is 0 Å². The maximum Gasteiger partial charge on any atom is 0.257 e. The Morgan fingerprint density at radius 1 is 1.39 bits per heavy atom. The van der Waals surface area contributed by atoms with E-state index in [1.807, 2.05) is 31.2 Å². The molecule has 116 valence electrons. The Balaban J connectivity index is 2.11. The van der Waals surface area contributed by atoms with Crippen molar-refractivity contribution in [2.45, 2.75) is 24.4 Å². The van der Waals surface area contributed by atoms with Crippen molar-refractivity contribution >= 4 is 23.5 Å². The normalized spacial score (nSPS) is 16.3. The smallest absolute Gasteiger partial charge is 0.257 e. The average molecular weight is 325 g/mol. The summed E-state index contributed by atoms with van der Waals surface area (Å²) in [4.78, 5) is 31.7. The summed E-state index contributed by atoms with van der Waals surface area (Å²) in [7, 11) is 0. The second kappa shape index (κ2) is 6.31. The number of nitrogens with one attached hydrogen (secondary N) is 2. The van der Waals surface area contributed by atoms with Crippen LogP contribution in [0.15, 0.2) is 34.2 Å². The van der Waals surface area contributed by atoms with E-state index in [1.54, 1.807) is 0 Å². The minimum atomic E-state index is -0.289. The third-order valence-corrected chi connectivity index (χ3v) is 4.56. The van der Waals surface area contributed by atoms with Crippen molar-refractivity contribution in [3.05, 3.63) is 51.3 Å². The van der Waals surface area contributed by atoms with Gasteiger partial charge in [-0.3, -0.25) is 9.59 Å². The third-order valence-electron chi connectivity index (χ3n) is 3.79. The maximum atomic E-state index is 12.5. The largest absolute Gasteiger partial charge is 0.310 e. The predicted octanol–water partition coefficient (Wildman–Crippen LogP) is 2.28. The van der Waals surface area contributed by atoms with E-state index in [-0.39, 0.29) is 23.8 Å². The molecule has 1 aliphatic heterocycles. The van der Waals surface area contributed by atoms with Crippen LogP contribution < -0.4 is 10.9 Å². The maximum absolute atomic E-state index is 12.5. The lowest BCUT2D eigenvalue weighted by Gasteiger charge is -2.25. The van der Waals surface area contributed by atoms with Gasteiger partial charge < -0.3 is 10.3 Å². The highest BCUT2D eigenvalue weighted by molar-refractivity contribution is 7.99. The number of carbonyl (C=O) groups excluding carboxylic acids is 1. The Morgan fingerprint density at radius 3 is 2.91 bits per heavy atom. The molecule has 2 heterocycles. The van der Waals surface area contributed by atoms with E-state index in [4.69, 9.17) is 6.42 Å². The summed E-state index contributed by atoms with van der Waals surface area (Å²) in [5.41, 5.74) is 2.29. The number of thioether (sulfide) groups is 1. The number of aromatic nitrogens is 2. The van der Waals surface area contributed by atoms with Gasteiger partial charge in [-0.2, -0.15) is 0 Å². The van der Waals surface area contributed by atoms with Gasteiger partial charge in [-0.1, -0.05) is 41.9 Å².